The molecule has 0 saturated carbocycles. The van der Waals surface area contributed by atoms with E-state index in [4.69, 9.17) is 21.1 Å². The first-order valence-electron chi connectivity index (χ1n) is 7.40. The summed E-state index contributed by atoms with van der Waals surface area (Å²) >= 11 is 6.13. The maximum absolute atomic E-state index is 6.13. The van der Waals surface area contributed by atoms with Crippen molar-refractivity contribution in [1.29, 1.82) is 0 Å². The van der Waals surface area contributed by atoms with Gasteiger partial charge in [-0.2, -0.15) is 5.10 Å². The number of methoxy groups -OCH3 is 2. The minimum absolute atomic E-state index is 0.685. The van der Waals surface area contributed by atoms with Gasteiger partial charge in [-0.1, -0.05) is 24.6 Å². The van der Waals surface area contributed by atoms with Gasteiger partial charge in [0.1, 0.15) is 0 Å². The Balaban J connectivity index is 2.26. The first-order chi connectivity index (χ1) is 11.1. The first-order valence-corrected chi connectivity index (χ1v) is 7.78. The Morgan fingerprint density at radius 3 is 2.43 bits per heavy atom. The number of rotatable bonds is 6. The Morgan fingerprint density at radius 2 is 1.83 bits per heavy atom. The molecule has 0 radical (unpaired) electrons. The quantitative estimate of drug-likeness (QED) is 0.605. The molecule has 0 saturated heterocycles. The molecule has 0 unspecified atom stereocenters. The van der Waals surface area contributed by atoms with E-state index in [-0.39, 0.29) is 0 Å². The van der Waals surface area contributed by atoms with Crippen LogP contribution in [-0.2, 0) is 0 Å². The van der Waals surface area contributed by atoms with Crippen LogP contribution in [-0.4, -0.2) is 19.9 Å². The highest BCUT2D eigenvalue weighted by molar-refractivity contribution is 6.31. The van der Waals surface area contributed by atoms with Gasteiger partial charge in [0, 0.05) is 10.6 Å². The van der Waals surface area contributed by atoms with Crippen molar-refractivity contribution in [2.24, 2.45) is 5.10 Å². The molecule has 0 heterocycles. The summed E-state index contributed by atoms with van der Waals surface area (Å²) in [5, 5.41) is 5.21. The van der Waals surface area contributed by atoms with E-state index in [0.717, 1.165) is 34.0 Å². The second kappa shape index (κ2) is 7.88. The molecule has 0 spiro atoms. The van der Waals surface area contributed by atoms with Gasteiger partial charge in [0.25, 0.3) is 0 Å². The average molecular weight is 333 g/mol. The molecule has 5 heteroatoms. The first kappa shape index (κ1) is 17.2. The van der Waals surface area contributed by atoms with Crippen molar-refractivity contribution < 1.29 is 9.47 Å². The highest BCUT2D eigenvalue weighted by Crippen LogP contribution is 2.28. The molecule has 0 atom stereocenters. The van der Waals surface area contributed by atoms with Crippen molar-refractivity contribution in [1.82, 2.24) is 0 Å². The number of hydrogen-bond acceptors (Lipinski definition) is 4. The lowest BCUT2D eigenvalue weighted by Crippen LogP contribution is -2.04. The maximum Gasteiger partial charge on any atom is 0.161 e. The molecule has 4 nitrogen and oxygen atoms in total. The zero-order valence-electron chi connectivity index (χ0n) is 13.8. The van der Waals surface area contributed by atoms with Crippen molar-refractivity contribution in [3.05, 3.63) is 52.5 Å². The van der Waals surface area contributed by atoms with E-state index in [0.29, 0.717) is 11.5 Å². The fraction of sp³-hybridized carbons (Fsp3) is 0.278. The lowest BCUT2D eigenvalue weighted by atomic mass is 10.1. The summed E-state index contributed by atoms with van der Waals surface area (Å²) in [5.41, 5.74) is 6.85. The standard InChI is InChI=1S/C18H21ClN2O2/c1-5-16(13-7-9-17(22-3)18(10-13)23-4)21-20-14-8-6-12(2)15(19)11-14/h6-11,20H,5H2,1-4H3/b21-16+. The van der Waals surface area contributed by atoms with Gasteiger partial charge in [-0.15, -0.1) is 0 Å². The zero-order chi connectivity index (χ0) is 16.8. The Kier molecular flexibility index (Phi) is 5.88. The van der Waals surface area contributed by atoms with Crippen molar-refractivity contribution in [3.63, 3.8) is 0 Å². The van der Waals surface area contributed by atoms with E-state index in [1.165, 1.54) is 0 Å². The topological polar surface area (TPSA) is 42.9 Å². The minimum Gasteiger partial charge on any atom is -0.493 e. The van der Waals surface area contributed by atoms with Crippen LogP contribution in [0.3, 0.4) is 0 Å². The Hall–Kier alpha value is -2.20. The van der Waals surface area contributed by atoms with Gasteiger partial charge in [-0.25, -0.2) is 0 Å². The van der Waals surface area contributed by atoms with Gasteiger partial charge in [0.05, 0.1) is 25.6 Å². The van der Waals surface area contributed by atoms with Crippen LogP contribution in [0.5, 0.6) is 11.5 Å². The van der Waals surface area contributed by atoms with Crippen molar-refractivity contribution in [2.45, 2.75) is 20.3 Å². The molecule has 2 aromatic carbocycles. The number of halogens is 1. The third-order valence-electron chi connectivity index (χ3n) is 3.54. The number of nitrogens with zero attached hydrogens (tertiary/aromatic N) is 1. The Labute approximate surface area is 142 Å². The lowest BCUT2D eigenvalue weighted by molar-refractivity contribution is 0.355. The maximum atomic E-state index is 6.13. The van der Waals surface area contributed by atoms with Crippen molar-refractivity contribution in [3.8, 4) is 11.5 Å². The SMILES string of the molecule is CC/C(=N\Nc1ccc(C)c(Cl)c1)c1ccc(OC)c(OC)c1. The largest absolute Gasteiger partial charge is 0.493 e. The molecule has 2 aromatic rings. The van der Waals surface area contributed by atoms with Gasteiger partial charge < -0.3 is 9.47 Å². The number of hydrogen-bond donors (Lipinski definition) is 1. The number of hydrazone groups is 1. The molecule has 0 amide bonds. The molecule has 0 aliphatic heterocycles. The van der Waals surface area contributed by atoms with Gasteiger partial charge >= 0.3 is 0 Å². The molecule has 0 aliphatic rings. The zero-order valence-corrected chi connectivity index (χ0v) is 14.6. The van der Waals surface area contributed by atoms with E-state index in [9.17, 15) is 0 Å². The van der Waals surface area contributed by atoms with Crippen molar-refractivity contribution in [2.75, 3.05) is 19.6 Å². The molecule has 0 aliphatic carbocycles. The summed E-state index contributed by atoms with van der Waals surface area (Å²) in [4.78, 5) is 0. The summed E-state index contributed by atoms with van der Waals surface area (Å²) in [6.07, 6.45) is 0.780. The van der Waals surface area contributed by atoms with E-state index < -0.39 is 0 Å². The predicted octanol–water partition coefficient (Wildman–Crippen LogP) is 4.89. The molecule has 0 aromatic heterocycles. The monoisotopic (exact) mass is 332 g/mol. The number of anilines is 1. The lowest BCUT2D eigenvalue weighted by Gasteiger charge is -2.11. The fourth-order valence-corrected chi connectivity index (χ4v) is 2.34. The van der Waals surface area contributed by atoms with Crippen LogP contribution < -0.4 is 14.9 Å². The smallest absolute Gasteiger partial charge is 0.161 e. The number of nitrogens with one attached hydrogen (secondary N) is 1. The van der Waals surface area contributed by atoms with Crippen molar-refractivity contribution >= 4 is 23.0 Å². The second-order valence-corrected chi connectivity index (χ2v) is 5.46. The van der Waals surface area contributed by atoms with Crippen LogP contribution in [0.15, 0.2) is 41.5 Å². The summed E-state index contributed by atoms with van der Waals surface area (Å²) < 4.78 is 10.6. The second-order valence-electron chi connectivity index (χ2n) is 5.06. The minimum atomic E-state index is 0.685. The number of aryl methyl sites for hydroxylation is 1. The molecular formula is C18H21ClN2O2. The third-order valence-corrected chi connectivity index (χ3v) is 3.95. The van der Waals surface area contributed by atoms with E-state index >= 15 is 0 Å². The summed E-state index contributed by atoms with van der Waals surface area (Å²) in [6, 6.07) is 11.5. The van der Waals surface area contributed by atoms with Crippen LogP contribution in [0.2, 0.25) is 5.02 Å². The van der Waals surface area contributed by atoms with E-state index in [2.05, 4.69) is 17.5 Å². The summed E-state index contributed by atoms with van der Waals surface area (Å²) in [6.45, 7) is 4.02. The summed E-state index contributed by atoms with van der Waals surface area (Å²) in [5.74, 6) is 1.38. The van der Waals surface area contributed by atoms with Gasteiger partial charge in [-0.05, 0) is 49.2 Å². The van der Waals surface area contributed by atoms with Crippen LogP contribution in [0, 0.1) is 6.92 Å². The van der Waals surface area contributed by atoms with Gasteiger partial charge in [0.2, 0.25) is 0 Å². The number of ether oxygens (including phenoxy) is 2. The molecule has 0 bridgehead atoms. The highest BCUT2D eigenvalue weighted by atomic mass is 35.5. The molecule has 2 rings (SSSR count). The normalized spacial score (nSPS) is 11.3. The Bertz CT molecular complexity index is 714. The predicted molar refractivity (Wildman–Crippen MR) is 96.2 cm³/mol. The van der Waals surface area contributed by atoms with Gasteiger partial charge in [0.15, 0.2) is 11.5 Å². The molecule has 122 valence electrons. The Morgan fingerprint density at radius 1 is 1.09 bits per heavy atom. The molecular weight excluding hydrogens is 312 g/mol. The molecule has 23 heavy (non-hydrogen) atoms. The molecule has 1 N–H and O–H groups in total. The average Bonchev–Trinajstić information content (AvgIpc) is 2.58. The van der Waals surface area contributed by atoms with Crippen LogP contribution in [0.25, 0.3) is 0 Å². The fourth-order valence-electron chi connectivity index (χ4n) is 2.16. The van der Waals surface area contributed by atoms with Crippen LogP contribution >= 0.6 is 11.6 Å². The van der Waals surface area contributed by atoms with Gasteiger partial charge in [-0.3, -0.25) is 5.43 Å². The third kappa shape index (κ3) is 4.17. The van der Waals surface area contributed by atoms with E-state index in [1.54, 1.807) is 14.2 Å². The van der Waals surface area contributed by atoms with E-state index in [1.807, 2.05) is 43.3 Å². The highest BCUT2D eigenvalue weighted by Gasteiger charge is 2.08. The summed E-state index contributed by atoms with van der Waals surface area (Å²) in [7, 11) is 3.24. The molecule has 0 fully saturated rings. The number of benzene rings is 2. The van der Waals surface area contributed by atoms with Crippen LogP contribution in [0.1, 0.15) is 24.5 Å². The van der Waals surface area contributed by atoms with Crippen LogP contribution in [0.4, 0.5) is 5.69 Å².